The Balaban J connectivity index is 0. The fourth-order valence-corrected chi connectivity index (χ4v) is 3.42. The molecule has 0 aliphatic heterocycles. The van der Waals surface area contributed by atoms with Crippen LogP contribution in [0.2, 0.25) is 0 Å². The van der Waals surface area contributed by atoms with Crippen molar-refractivity contribution in [3.63, 3.8) is 0 Å². The Bertz CT molecular complexity index is 345. The van der Waals surface area contributed by atoms with E-state index < -0.39 is 0 Å². The summed E-state index contributed by atoms with van der Waals surface area (Å²) in [4.78, 5) is 11.9. The van der Waals surface area contributed by atoms with Gasteiger partial charge in [0.05, 0.1) is 14.1 Å². The van der Waals surface area contributed by atoms with Crippen LogP contribution in [0.5, 0.6) is 0 Å². The highest BCUT2D eigenvalue weighted by molar-refractivity contribution is 5.74. The van der Waals surface area contributed by atoms with E-state index in [0.717, 1.165) is 13.0 Å². The molecule has 0 saturated carbocycles. The first-order valence-corrected chi connectivity index (χ1v) is 11.3. The van der Waals surface area contributed by atoms with Crippen molar-refractivity contribution in [3.8, 4) is 0 Å². The van der Waals surface area contributed by atoms with Gasteiger partial charge in [-0.1, -0.05) is 103 Å². The molecule has 0 atom stereocenters. The fourth-order valence-electron chi connectivity index (χ4n) is 3.42. The molecule has 0 aliphatic carbocycles. The Kier molecular flexibility index (Phi) is 21.4. The maximum Gasteiger partial charge on any atom is 0.264 e. The third-order valence-electron chi connectivity index (χ3n) is 5.02. The Morgan fingerprint density at radius 1 is 0.778 bits per heavy atom. The molecule has 3 nitrogen and oxygen atoms in total. The van der Waals surface area contributed by atoms with Gasteiger partial charge in [0, 0.05) is 6.42 Å². The van der Waals surface area contributed by atoms with Crippen LogP contribution >= 0.6 is 0 Å². The number of halogens is 1. The molecule has 4 heteroatoms. The molecule has 1 amide bonds. The van der Waals surface area contributed by atoms with Gasteiger partial charge in [0.25, 0.3) is 5.91 Å². The van der Waals surface area contributed by atoms with E-state index in [2.05, 4.69) is 18.9 Å². The minimum Gasteiger partial charge on any atom is -1.00 e. The Labute approximate surface area is 176 Å². The highest BCUT2D eigenvalue weighted by Crippen LogP contribution is 2.13. The van der Waals surface area contributed by atoms with Crippen LogP contribution in [0, 0.1) is 0 Å². The number of amides is 1. The quantitative estimate of drug-likeness (QED) is 0.152. The van der Waals surface area contributed by atoms with E-state index in [9.17, 15) is 4.79 Å². The van der Waals surface area contributed by atoms with Gasteiger partial charge < -0.3 is 12.4 Å². The van der Waals surface area contributed by atoms with Crippen LogP contribution in [-0.2, 0) is 4.79 Å². The van der Waals surface area contributed by atoms with Gasteiger partial charge in [-0.2, -0.15) is 0 Å². The van der Waals surface area contributed by atoms with Gasteiger partial charge >= 0.3 is 0 Å². The van der Waals surface area contributed by atoms with Crippen molar-refractivity contribution in [1.29, 1.82) is 0 Å². The number of hydrogen-bond donors (Lipinski definition) is 1. The molecule has 0 spiro atoms. The monoisotopic (exact) mass is 402 g/mol. The van der Waals surface area contributed by atoms with Crippen LogP contribution in [0.25, 0.3) is 0 Å². The fraction of sp³-hybridized carbons (Fsp3) is 0.870. The summed E-state index contributed by atoms with van der Waals surface area (Å²) in [5, 5.41) is 0. The first kappa shape index (κ1) is 28.7. The summed E-state index contributed by atoms with van der Waals surface area (Å²) in [5.74, 6) is 0.159. The predicted molar refractivity (Wildman–Crippen MR) is 115 cm³/mol. The van der Waals surface area contributed by atoms with Gasteiger partial charge in [-0.3, -0.25) is 4.79 Å². The van der Waals surface area contributed by atoms with E-state index in [1.807, 2.05) is 20.2 Å². The molecule has 1 N–H and O–H groups in total. The lowest BCUT2D eigenvalue weighted by atomic mass is 10.0. The Morgan fingerprint density at radius 2 is 1.15 bits per heavy atom. The first-order chi connectivity index (χ1) is 12.5. The van der Waals surface area contributed by atoms with Crippen LogP contribution in [0.3, 0.4) is 0 Å². The molecule has 27 heavy (non-hydrogen) atoms. The van der Waals surface area contributed by atoms with Crippen molar-refractivity contribution in [1.82, 2.24) is 5.43 Å². The molecule has 0 heterocycles. The molecule has 0 aliphatic rings. The Hall–Kier alpha value is -0.540. The van der Waals surface area contributed by atoms with Crippen molar-refractivity contribution in [2.75, 3.05) is 20.6 Å². The molecule has 0 bridgehead atoms. The first-order valence-electron chi connectivity index (χ1n) is 11.3. The van der Waals surface area contributed by atoms with Crippen LogP contribution in [0.4, 0.5) is 0 Å². The minimum atomic E-state index is 0. The largest absolute Gasteiger partial charge is 1.00 e. The number of likely N-dealkylation sites (N-methyl/N-ethyl adjacent to an activating group) is 1. The van der Waals surface area contributed by atoms with E-state index in [-0.39, 0.29) is 18.3 Å². The molecule has 0 aromatic heterocycles. The SMILES string of the molecule is C=CC[N+](C)(C)NC(=O)CCCCCCCCCCCCCCCCC.[Cl-]. The van der Waals surface area contributed by atoms with Gasteiger partial charge in [0.15, 0.2) is 0 Å². The summed E-state index contributed by atoms with van der Waals surface area (Å²) in [5.41, 5.74) is 3.03. The average molecular weight is 403 g/mol. The van der Waals surface area contributed by atoms with Gasteiger partial charge in [-0.25, -0.2) is 10.0 Å². The van der Waals surface area contributed by atoms with Crippen molar-refractivity contribution in [2.45, 2.75) is 110 Å². The molecular formula is C23H47ClN2O. The topological polar surface area (TPSA) is 29.1 Å². The lowest BCUT2D eigenvalue weighted by Gasteiger charge is -2.27. The molecule has 0 aromatic carbocycles. The van der Waals surface area contributed by atoms with E-state index in [0.29, 0.717) is 11.0 Å². The summed E-state index contributed by atoms with van der Waals surface area (Å²) >= 11 is 0. The van der Waals surface area contributed by atoms with Crippen LogP contribution < -0.4 is 17.8 Å². The van der Waals surface area contributed by atoms with Crippen molar-refractivity contribution >= 4 is 5.91 Å². The second kappa shape index (κ2) is 20.2. The lowest BCUT2D eigenvalue weighted by Crippen LogP contribution is -3.00. The Morgan fingerprint density at radius 3 is 1.52 bits per heavy atom. The molecule has 0 radical (unpaired) electrons. The van der Waals surface area contributed by atoms with Crippen LogP contribution in [0.1, 0.15) is 110 Å². The molecule has 0 saturated heterocycles. The number of carbonyl (C=O) groups excluding carboxylic acids is 1. The van der Waals surface area contributed by atoms with Gasteiger partial charge in [-0.15, -0.1) is 0 Å². The molecule has 0 aromatic rings. The van der Waals surface area contributed by atoms with Crippen LogP contribution in [-0.4, -0.2) is 31.1 Å². The van der Waals surface area contributed by atoms with Crippen molar-refractivity contribution in [3.05, 3.63) is 12.7 Å². The summed E-state index contributed by atoms with van der Waals surface area (Å²) in [7, 11) is 3.98. The standard InChI is InChI=1S/C23H46N2O.ClH/c1-5-7-8-9-10-11-12-13-14-15-16-17-18-19-20-21-23(26)24-25(3,4)22-6-2;/h6H,2,5,7-22H2,1,3-4H3;1H. The van der Waals surface area contributed by atoms with E-state index in [1.54, 1.807) is 0 Å². The van der Waals surface area contributed by atoms with E-state index in [1.165, 1.54) is 89.9 Å². The highest BCUT2D eigenvalue weighted by atomic mass is 35.5. The zero-order valence-corrected chi connectivity index (χ0v) is 19.3. The third-order valence-corrected chi connectivity index (χ3v) is 5.02. The number of quaternary nitrogens is 1. The zero-order chi connectivity index (χ0) is 19.5. The van der Waals surface area contributed by atoms with Gasteiger partial charge in [-0.05, 0) is 12.5 Å². The number of nitrogens with one attached hydrogen (secondary N) is 1. The van der Waals surface area contributed by atoms with Crippen molar-refractivity contribution < 1.29 is 21.8 Å². The summed E-state index contributed by atoms with van der Waals surface area (Å²) in [6.07, 6.45) is 22.8. The maximum absolute atomic E-state index is 11.9. The third kappa shape index (κ3) is 21.6. The number of unbranched alkanes of at least 4 members (excludes halogenated alkanes) is 14. The molecule has 0 fully saturated rings. The predicted octanol–water partition coefficient (Wildman–Crippen LogP) is 3.55. The second-order valence-electron chi connectivity index (χ2n) is 8.39. The van der Waals surface area contributed by atoms with Crippen molar-refractivity contribution in [2.24, 2.45) is 0 Å². The number of hydrogen-bond acceptors (Lipinski definition) is 1. The maximum atomic E-state index is 11.9. The highest BCUT2D eigenvalue weighted by Gasteiger charge is 2.16. The lowest BCUT2D eigenvalue weighted by molar-refractivity contribution is -0.919. The number of carbonyl (C=O) groups is 1. The zero-order valence-electron chi connectivity index (χ0n) is 18.5. The normalized spacial score (nSPS) is 11.1. The molecule has 162 valence electrons. The number of rotatable bonds is 19. The minimum absolute atomic E-state index is 0. The number of nitrogens with zero attached hydrogens (tertiary/aromatic N) is 1. The summed E-state index contributed by atoms with van der Waals surface area (Å²) in [6.45, 7) is 6.77. The summed E-state index contributed by atoms with van der Waals surface area (Å²) in [6, 6.07) is 0. The van der Waals surface area contributed by atoms with E-state index in [4.69, 9.17) is 0 Å². The summed E-state index contributed by atoms with van der Waals surface area (Å²) < 4.78 is 0.487. The molecular weight excluding hydrogens is 356 g/mol. The van der Waals surface area contributed by atoms with E-state index >= 15 is 0 Å². The molecule has 0 rings (SSSR count). The molecule has 0 unspecified atom stereocenters. The van der Waals surface area contributed by atoms with Gasteiger partial charge in [0.1, 0.15) is 6.54 Å². The second-order valence-corrected chi connectivity index (χ2v) is 8.39. The average Bonchev–Trinajstić information content (AvgIpc) is 2.57. The van der Waals surface area contributed by atoms with Gasteiger partial charge in [0.2, 0.25) is 0 Å². The smallest absolute Gasteiger partial charge is 0.264 e. The van der Waals surface area contributed by atoms with Crippen LogP contribution in [0.15, 0.2) is 12.7 Å².